The van der Waals surface area contributed by atoms with Crippen molar-refractivity contribution in [2.45, 2.75) is 13.0 Å². The molecular weight excluding hydrogens is 228 g/mol. The van der Waals surface area contributed by atoms with Gasteiger partial charge in [0.05, 0.1) is 0 Å². The summed E-state index contributed by atoms with van der Waals surface area (Å²) in [5.41, 5.74) is 3.41. The lowest BCUT2D eigenvalue weighted by Crippen LogP contribution is -2.28. The van der Waals surface area contributed by atoms with Gasteiger partial charge in [0.1, 0.15) is 10.7 Å². The second-order valence-corrected chi connectivity index (χ2v) is 4.32. The first-order valence-electron chi connectivity index (χ1n) is 5.06. The number of hydrogen-bond acceptors (Lipinski definition) is 7. The summed E-state index contributed by atoms with van der Waals surface area (Å²) >= 11 is 1.24. The topological polar surface area (TPSA) is 96.2 Å². The average molecular weight is 242 g/mol. The minimum atomic E-state index is 0.107. The van der Waals surface area contributed by atoms with E-state index in [2.05, 4.69) is 25.2 Å². The van der Waals surface area contributed by atoms with Crippen molar-refractivity contribution in [2.24, 2.45) is 5.84 Å². The molecule has 0 unspecified atom stereocenters. The van der Waals surface area contributed by atoms with Crippen LogP contribution < -0.4 is 16.6 Å². The zero-order valence-corrected chi connectivity index (χ0v) is 9.59. The Hall–Kier alpha value is -1.25. The van der Waals surface area contributed by atoms with Gasteiger partial charge in [0.25, 0.3) is 0 Å². The smallest absolute Gasteiger partial charge is 0.221 e. The molecule has 0 aromatic carbocycles. The Labute approximate surface area is 97.1 Å². The van der Waals surface area contributed by atoms with Crippen LogP contribution in [0.5, 0.6) is 0 Å². The maximum absolute atomic E-state index is 11.2. The summed E-state index contributed by atoms with van der Waals surface area (Å²) in [5, 5.41) is 7.62. The number of nitrogen functional groups attached to an aromatic ring is 1. The molecule has 8 heteroatoms. The van der Waals surface area contributed by atoms with Gasteiger partial charge in [-0.05, 0) is 0 Å². The van der Waals surface area contributed by atoms with Crippen LogP contribution in [-0.2, 0) is 11.3 Å². The molecule has 2 rings (SSSR count). The van der Waals surface area contributed by atoms with Crippen LogP contribution in [0.3, 0.4) is 0 Å². The van der Waals surface area contributed by atoms with Gasteiger partial charge in [-0.15, -0.1) is 5.10 Å². The number of carbonyl (C=O) groups excluding carboxylic acids is 1. The molecule has 1 aliphatic rings. The fourth-order valence-corrected chi connectivity index (χ4v) is 2.09. The highest BCUT2D eigenvalue weighted by Gasteiger charge is 2.16. The standard InChI is InChI=1S/C8H14N6OS/c9-11-8-6(12-13-16-8)5-14-3-1-7(15)10-2-4-14/h11H,1-5,9H2,(H,10,15). The van der Waals surface area contributed by atoms with Crippen LogP contribution in [0.1, 0.15) is 12.1 Å². The second kappa shape index (κ2) is 5.19. The van der Waals surface area contributed by atoms with E-state index < -0.39 is 0 Å². The van der Waals surface area contributed by atoms with Crippen molar-refractivity contribution >= 4 is 22.4 Å². The molecular formula is C8H14N6OS. The number of rotatable bonds is 3. The first-order chi connectivity index (χ1) is 7.79. The van der Waals surface area contributed by atoms with E-state index in [1.54, 1.807) is 0 Å². The highest BCUT2D eigenvalue weighted by molar-refractivity contribution is 7.10. The van der Waals surface area contributed by atoms with Crippen LogP contribution in [0.4, 0.5) is 5.00 Å². The first-order valence-corrected chi connectivity index (χ1v) is 5.84. The van der Waals surface area contributed by atoms with Crippen LogP contribution in [0, 0.1) is 0 Å². The van der Waals surface area contributed by atoms with Gasteiger partial charge < -0.3 is 10.7 Å². The lowest BCUT2D eigenvalue weighted by Gasteiger charge is -2.17. The molecule has 4 N–H and O–H groups in total. The molecule has 7 nitrogen and oxygen atoms in total. The molecule has 1 amide bonds. The molecule has 0 aliphatic carbocycles. The third-order valence-corrected chi connectivity index (χ3v) is 3.16. The molecule has 1 fully saturated rings. The highest BCUT2D eigenvalue weighted by atomic mass is 32.1. The minimum Gasteiger partial charge on any atom is -0.355 e. The lowest BCUT2D eigenvalue weighted by molar-refractivity contribution is -0.120. The Kier molecular flexibility index (Phi) is 3.65. The van der Waals surface area contributed by atoms with Gasteiger partial charge in [-0.1, -0.05) is 4.49 Å². The summed E-state index contributed by atoms with van der Waals surface area (Å²) in [6.07, 6.45) is 0.531. The molecule has 2 heterocycles. The Morgan fingerprint density at radius 2 is 2.44 bits per heavy atom. The number of hydrogen-bond donors (Lipinski definition) is 3. The Morgan fingerprint density at radius 3 is 3.25 bits per heavy atom. The van der Waals surface area contributed by atoms with E-state index in [9.17, 15) is 4.79 Å². The van der Waals surface area contributed by atoms with Crippen LogP contribution in [0.2, 0.25) is 0 Å². The summed E-state index contributed by atoms with van der Waals surface area (Å²) in [5.74, 6) is 5.46. The molecule has 1 aliphatic heterocycles. The quantitative estimate of drug-likeness (QED) is 0.472. The zero-order valence-electron chi connectivity index (χ0n) is 8.77. The number of carbonyl (C=O) groups is 1. The minimum absolute atomic E-state index is 0.107. The third-order valence-electron chi connectivity index (χ3n) is 2.47. The molecule has 1 aromatic heterocycles. The van der Waals surface area contributed by atoms with Crippen molar-refractivity contribution < 1.29 is 4.79 Å². The van der Waals surface area contributed by atoms with Crippen LogP contribution in [-0.4, -0.2) is 40.0 Å². The second-order valence-electron chi connectivity index (χ2n) is 3.57. The van der Waals surface area contributed by atoms with Crippen molar-refractivity contribution in [3.8, 4) is 0 Å². The number of amides is 1. The van der Waals surface area contributed by atoms with Crippen molar-refractivity contribution in [1.29, 1.82) is 0 Å². The van der Waals surface area contributed by atoms with Crippen molar-refractivity contribution in [2.75, 3.05) is 25.1 Å². The Bertz CT molecular complexity index is 367. The van der Waals surface area contributed by atoms with Gasteiger partial charge in [0.2, 0.25) is 5.91 Å². The van der Waals surface area contributed by atoms with Gasteiger partial charge in [-0.3, -0.25) is 9.69 Å². The first kappa shape index (κ1) is 11.2. The number of nitrogens with one attached hydrogen (secondary N) is 2. The van der Waals surface area contributed by atoms with Crippen molar-refractivity contribution in [1.82, 2.24) is 19.8 Å². The van der Waals surface area contributed by atoms with E-state index in [4.69, 9.17) is 5.84 Å². The predicted molar refractivity (Wildman–Crippen MR) is 60.6 cm³/mol. The molecule has 1 saturated heterocycles. The normalized spacial score (nSPS) is 17.9. The summed E-state index contributed by atoms with van der Waals surface area (Å²) in [7, 11) is 0. The Morgan fingerprint density at radius 1 is 1.56 bits per heavy atom. The van der Waals surface area contributed by atoms with E-state index in [1.165, 1.54) is 11.5 Å². The lowest BCUT2D eigenvalue weighted by atomic mass is 10.3. The van der Waals surface area contributed by atoms with E-state index in [1.807, 2.05) is 0 Å². The Balaban J connectivity index is 1.96. The van der Waals surface area contributed by atoms with Gasteiger partial charge in [-0.25, -0.2) is 5.84 Å². The summed E-state index contributed by atoms with van der Waals surface area (Å²) in [6, 6.07) is 0. The fraction of sp³-hybridized carbons (Fsp3) is 0.625. The van der Waals surface area contributed by atoms with E-state index in [-0.39, 0.29) is 5.91 Å². The number of aromatic nitrogens is 2. The number of hydrazine groups is 1. The molecule has 0 radical (unpaired) electrons. The van der Waals surface area contributed by atoms with Gasteiger partial charge >= 0.3 is 0 Å². The molecule has 88 valence electrons. The van der Waals surface area contributed by atoms with Gasteiger partial charge in [0, 0.05) is 44.1 Å². The number of anilines is 1. The highest BCUT2D eigenvalue weighted by Crippen LogP contribution is 2.17. The molecule has 0 bridgehead atoms. The summed E-state index contributed by atoms with van der Waals surface area (Å²) in [6.45, 7) is 2.92. The monoisotopic (exact) mass is 242 g/mol. The van der Waals surface area contributed by atoms with E-state index in [0.29, 0.717) is 19.5 Å². The van der Waals surface area contributed by atoms with Crippen LogP contribution in [0.25, 0.3) is 0 Å². The van der Waals surface area contributed by atoms with Crippen molar-refractivity contribution in [3.05, 3.63) is 5.69 Å². The summed E-state index contributed by atoms with van der Waals surface area (Å²) < 4.78 is 3.84. The molecule has 1 aromatic rings. The maximum Gasteiger partial charge on any atom is 0.221 e. The molecule has 0 spiro atoms. The average Bonchev–Trinajstić information content (AvgIpc) is 2.63. The van der Waals surface area contributed by atoms with Crippen molar-refractivity contribution in [3.63, 3.8) is 0 Å². The molecule has 0 atom stereocenters. The van der Waals surface area contributed by atoms with Gasteiger partial charge in [-0.2, -0.15) is 0 Å². The van der Waals surface area contributed by atoms with Gasteiger partial charge in [0.15, 0.2) is 0 Å². The molecule has 0 saturated carbocycles. The summed E-state index contributed by atoms with van der Waals surface area (Å²) in [4.78, 5) is 13.3. The zero-order chi connectivity index (χ0) is 11.4. The maximum atomic E-state index is 11.2. The molecule has 16 heavy (non-hydrogen) atoms. The predicted octanol–water partition coefficient (Wildman–Crippen LogP) is -0.854. The number of nitrogens with two attached hydrogens (primary N) is 1. The van der Waals surface area contributed by atoms with Crippen LogP contribution in [0.15, 0.2) is 0 Å². The SMILES string of the molecule is NNc1snnc1CN1CCNC(=O)CC1. The van der Waals surface area contributed by atoms with E-state index >= 15 is 0 Å². The largest absolute Gasteiger partial charge is 0.355 e. The van der Waals surface area contributed by atoms with E-state index in [0.717, 1.165) is 23.8 Å². The fourth-order valence-electron chi connectivity index (χ4n) is 1.60. The van der Waals surface area contributed by atoms with Crippen LogP contribution >= 0.6 is 11.5 Å². The third kappa shape index (κ3) is 2.65. The number of nitrogens with zero attached hydrogens (tertiary/aromatic N) is 3.